The van der Waals surface area contributed by atoms with E-state index in [2.05, 4.69) is 0 Å². The van der Waals surface area contributed by atoms with Crippen molar-refractivity contribution in [2.75, 3.05) is 17.2 Å². The third kappa shape index (κ3) is 3.42. The predicted molar refractivity (Wildman–Crippen MR) is 114 cm³/mol. The summed E-state index contributed by atoms with van der Waals surface area (Å²) >= 11 is 7.77. The van der Waals surface area contributed by atoms with E-state index in [-0.39, 0.29) is 23.5 Å². The molecule has 0 radical (unpaired) electrons. The van der Waals surface area contributed by atoms with Crippen LogP contribution in [-0.4, -0.2) is 29.0 Å². The molecular formula is C22H22ClFN2O2S. The molecule has 0 N–H and O–H groups in total. The fraction of sp³-hybridized carbons (Fsp3) is 0.364. The number of hydrogen-bond acceptors (Lipinski definition) is 3. The van der Waals surface area contributed by atoms with Crippen molar-refractivity contribution in [1.82, 2.24) is 4.90 Å². The van der Waals surface area contributed by atoms with Gasteiger partial charge >= 0.3 is 0 Å². The first-order chi connectivity index (χ1) is 13.8. The van der Waals surface area contributed by atoms with Crippen LogP contribution in [-0.2, 0) is 21.0 Å². The molecule has 2 aliphatic rings. The molecule has 2 aliphatic heterocycles. The number of rotatable bonds is 4. The van der Waals surface area contributed by atoms with Gasteiger partial charge in [-0.25, -0.2) is 4.39 Å². The summed E-state index contributed by atoms with van der Waals surface area (Å²) in [6.07, 6.45) is 0.392. The first-order valence-electron chi connectivity index (χ1n) is 9.64. The van der Waals surface area contributed by atoms with Gasteiger partial charge in [-0.1, -0.05) is 37.6 Å². The average Bonchev–Trinajstić information content (AvgIpc) is 3.20. The summed E-state index contributed by atoms with van der Waals surface area (Å²) in [7, 11) is 0. The number of hydrogen-bond donors (Lipinski definition) is 0. The van der Waals surface area contributed by atoms with Gasteiger partial charge in [0.25, 0.3) is 5.91 Å². The number of carbonyl (C=O) groups is 2. The minimum absolute atomic E-state index is 0.0205. The molecule has 2 heterocycles. The van der Waals surface area contributed by atoms with E-state index in [1.54, 1.807) is 34.1 Å². The van der Waals surface area contributed by atoms with Gasteiger partial charge in [-0.3, -0.25) is 9.59 Å². The van der Waals surface area contributed by atoms with Gasteiger partial charge in [-0.2, -0.15) is 0 Å². The van der Waals surface area contributed by atoms with E-state index in [9.17, 15) is 14.0 Å². The summed E-state index contributed by atoms with van der Waals surface area (Å²) in [5, 5.41) is 0.531. The number of anilines is 1. The summed E-state index contributed by atoms with van der Waals surface area (Å²) in [6, 6.07) is 11.5. The fourth-order valence-electron chi connectivity index (χ4n) is 4.03. The molecule has 0 saturated carbocycles. The maximum absolute atomic E-state index is 13.8. The molecule has 1 saturated heterocycles. The molecular weight excluding hydrogens is 411 g/mol. The third-order valence-electron chi connectivity index (χ3n) is 5.29. The normalized spacial score (nSPS) is 20.8. The molecule has 1 atom stereocenters. The number of amides is 2. The number of fused-ring (bicyclic) bond motifs is 2. The van der Waals surface area contributed by atoms with Gasteiger partial charge < -0.3 is 9.80 Å². The Morgan fingerprint density at radius 2 is 1.97 bits per heavy atom. The Morgan fingerprint density at radius 3 is 2.66 bits per heavy atom. The van der Waals surface area contributed by atoms with Crippen molar-refractivity contribution in [3.8, 4) is 0 Å². The Balaban J connectivity index is 1.77. The number of thioether (sulfide) groups is 1. The number of halogens is 2. The van der Waals surface area contributed by atoms with Crippen molar-refractivity contribution in [3.05, 3.63) is 64.4 Å². The van der Waals surface area contributed by atoms with Gasteiger partial charge in [-0.05, 0) is 41.8 Å². The lowest BCUT2D eigenvalue weighted by Gasteiger charge is -2.33. The van der Waals surface area contributed by atoms with Crippen LogP contribution < -0.4 is 4.90 Å². The SMILES string of the molecule is CC(C)CC(=O)N1CCS[C@]12C(=O)N(Cc1ccc(F)cc1)c1ccc(Cl)cc12. The second kappa shape index (κ2) is 7.65. The summed E-state index contributed by atoms with van der Waals surface area (Å²) in [5.41, 5.74) is 2.33. The fourth-order valence-corrected chi connectivity index (χ4v) is 5.68. The molecule has 152 valence electrons. The predicted octanol–water partition coefficient (Wildman–Crippen LogP) is 4.80. The summed E-state index contributed by atoms with van der Waals surface area (Å²) < 4.78 is 13.3. The van der Waals surface area contributed by atoms with Crippen LogP contribution in [0.4, 0.5) is 10.1 Å². The minimum Gasteiger partial charge on any atom is -0.315 e. The summed E-state index contributed by atoms with van der Waals surface area (Å²) in [5.74, 6) is 0.413. The van der Waals surface area contributed by atoms with Gasteiger partial charge in [-0.15, -0.1) is 11.8 Å². The molecule has 4 rings (SSSR count). The van der Waals surface area contributed by atoms with Crippen LogP contribution >= 0.6 is 23.4 Å². The Kier molecular flexibility index (Phi) is 5.34. The topological polar surface area (TPSA) is 40.6 Å². The van der Waals surface area contributed by atoms with Crippen molar-refractivity contribution in [2.24, 2.45) is 5.92 Å². The highest BCUT2D eigenvalue weighted by Gasteiger charge is 2.59. The van der Waals surface area contributed by atoms with Crippen LogP contribution in [0, 0.1) is 11.7 Å². The highest BCUT2D eigenvalue weighted by atomic mass is 35.5. The van der Waals surface area contributed by atoms with Gasteiger partial charge in [0.1, 0.15) is 5.82 Å². The number of benzene rings is 2. The van der Waals surface area contributed by atoms with Gasteiger partial charge in [0.05, 0.1) is 12.2 Å². The molecule has 2 amide bonds. The lowest BCUT2D eigenvalue weighted by molar-refractivity contribution is -0.140. The van der Waals surface area contributed by atoms with Crippen molar-refractivity contribution in [1.29, 1.82) is 0 Å². The molecule has 1 spiro atoms. The second-order valence-corrected chi connectivity index (χ2v) is 9.54. The monoisotopic (exact) mass is 432 g/mol. The highest BCUT2D eigenvalue weighted by Crippen LogP contribution is 2.55. The van der Waals surface area contributed by atoms with Crippen LogP contribution in [0.25, 0.3) is 0 Å². The minimum atomic E-state index is -1.08. The van der Waals surface area contributed by atoms with Crippen LogP contribution in [0.1, 0.15) is 31.4 Å². The van der Waals surface area contributed by atoms with Crippen LogP contribution in [0.15, 0.2) is 42.5 Å². The van der Waals surface area contributed by atoms with Crippen LogP contribution in [0.5, 0.6) is 0 Å². The van der Waals surface area contributed by atoms with E-state index in [0.29, 0.717) is 30.3 Å². The Morgan fingerprint density at radius 1 is 1.24 bits per heavy atom. The second-order valence-electron chi connectivity index (χ2n) is 7.82. The Labute approximate surface area is 179 Å². The largest absolute Gasteiger partial charge is 0.315 e. The zero-order chi connectivity index (χ0) is 20.8. The zero-order valence-electron chi connectivity index (χ0n) is 16.3. The number of carbonyl (C=O) groups excluding carboxylic acids is 2. The average molecular weight is 433 g/mol. The quantitative estimate of drug-likeness (QED) is 0.696. The van der Waals surface area contributed by atoms with Gasteiger partial charge in [0.15, 0.2) is 4.87 Å². The molecule has 0 aliphatic carbocycles. The zero-order valence-corrected chi connectivity index (χ0v) is 17.9. The van der Waals surface area contributed by atoms with Gasteiger partial charge in [0, 0.05) is 29.3 Å². The van der Waals surface area contributed by atoms with Crippen molar-refractivity contribution >= 4 is 40.9 Å². The molecule has 2 aromatic carbocycles. The third-order valence-corrected chi connectivity index (χ3v) is 6.95. The van der Waals surface area contributed by atoms with Crippen molar-refractivity contribution < 1.29 is 14.0 Å². The Hall–Kier alpha value is -2.05. The smallest absolute Gasteiger partial charge is 0.268 e. The molecule has 4 nitrogen and oxygen atoms in total. The van der Waals surface area contributed by atoms with Crippen LogP contribution in [0.2, 0.25) is 5.02 Å². The molecule has 0 unspecified atom stereocenters. The van der Waals surface area contributed by atoms with E-state index >= 15 is 0 Å². The van der Waals surface area contributed by atoms with E-state index in [1.165, 1.54) is 23.9 Å². The van der Waals surface area contributed by atoms with E-state index in [0.717, 1.165) is 16.8 Å². The first kappa shape index (κ1) is 20.2. The van der Waals surface area contributed by atoms with E-state index in [4.69, 9.17) is 11.6 Å². The molecule has 29 heavy (non-hydrogen) atoms. The lowest BCUT2D eigenvalue weighted by Crippen LogP contribution is -2.50. The Bertz CT molecular complexity index is 966. The van der Waals surface area contributed by atoms with Crippen LogP contribution in [0.3, 0.4) is 0 Å². The molecule has 0 bridgehead atoms. The standard InChI is InChI=1S/C22H22ClFN2O2S/c1-14(2)11-20(27)26-9-10-29-22(26)18-12-16(23)5-8-19(18)25(21(22)28)13-15-3-6-17(24)7-4-15/h3-8,12,14H,9-11,13H2,1-2H3/t22-/m1/s1. The lowest BCUT2D eigenvalue weighted by atomic mass is 10.0. The van der Waals surface area contributed by atoms with Crippen molar-refractivity contribution in [2.45, 2.75) is 31.7 Å². The summed E-state index contributed by atoms with van der Waals surface area (Å²) in [4.78, 5) is 29.1. The number of nitrogens with zero attached hydrogens (tertiary/aromatic N) is 2. The maximum atomic E-state index is 13.8. The molecule has 1 fully saturated rings. The van der Waals surface area contributed by atoms with E-state index < -0.39 is 4.87 Å². The highest BCUT2D eigenvalue weighted by molar-refractivity contribution is 8.01. The maximum Gasteiger partial charge on any atom is 0.268 e. The van der Waals surface area contributed by atoms with E-state index in [1.807, 2.05) is 19.9 Å². The van der Waals surface area contributed by atoms with Gasteiger partial charge in [0.2, 0.25) is 5.91 Å². The molecule has 0 aromatic heterocycles. The molecule has 2 aromatic rings. The molecule has 7 heteroatoms. The van der Waals surface area contributed by atoms with Crippen molar-refractivity contribution in [3.63, 3.8) is 0 Å². The first-order valence-corrected chi connectivity index (χ1v) is 11.0. The summed E-state index contributed by atoms with van der Waals surface area (Å²) in [6.45, 7) is 4.83.